The van der Waals surface area contributed by atoms with Crippen LogP contribution < -0.4 is 5.73 Å². The molecule has 1 saturated heterocycles. The number of nitrogens with zero attached hydrogens (tertiary/aromatic N) is 1. The molecule has 10 heteroatoms. The first-order valence-corrected chi connectivity index (χ1v) is 13.8. The number of aromatic nitrogens is 1. The van der Waals surface area contributed by atoms with Gasteiger partial charge in [-0.2, -0.15) is 0 Å². The Kier molecular flexibility index (Phi) is 8.48. The Morgan fingerprint density at radius 1 is 1.21 bits per heavy atom. The summed E-state index contributed by atoms with van der Waals surface area (Å²) in [5, 5.41) is 4.33. The Labute approximate surface area is 203 Å². The number of primary amides is 1. The molecule has 1 aromatic rings. The Morgan fingerprint density at radius 2 is 1.94 bits per heavy atom. The lowest BCUT2D eigenvalue weighted by Gasteiger charge is -2.35. The van der Waals surface area contributed by atoms with Gasteiger partial charge in [-0.25, -0.2) is 8.42 Å². The molecule has 1 amide bonds. The van der Waals surface area contributed by atoms with E-state index in [1.807, 2.05) is 19.9 Å². The molecular weight excluding hydrogens is 460 g/mol. The molecule has 2 aliphatic rings. The van der Waals surface area contributed by atoms with Crippen LogP contribution in [0.1, 0.15) is 83.6 Å². The van der Waals surface area contributed by atoms with Crippen LogP contribution in [0.3, 0.4) is 0 Å². The van der Waals surface area contributed by atoms with Crippen molar-refractivity contribution in [3.05, 3.63) is 17.5 Å². The number of methoxy groups -OCH3 is 1. The van der Waals surface area contributed by atoms with Crippen molar-refractivity contribution in [1.82, 2.24) is 5.16 Å². The van der Waals surface area contributed by atoms with E-state index in [4.69, 9.17) is 24.5 Å². The molecule has 1 saturated carbocycles. The van der Waals surface area contributed by atoms with Crippen molar-refractivity contribution in [3.63, 3.8) is 0 Å². The number of carbonyl (C=O) groups excluding carboxylic acids is 1. The van der Waals surface area contributed by atoms with Crippen LogP contribution in [0.5, 0.6) is 0 Å². The molecule has 0 aromatic carbocycles. The van der Waals surface area contributed by atoms with E-state index in [1.54, 1.807) is 7.11 Å². The lowest BCUT2D eigenvalue weighted by Crippen LogP contribution is -2.48. The van der Waals surface area contributed by atoms with Crippen LogP contribution in [-0.2, 0) is 34.3 Å². The van der Waals surface area contributed by atoms with Gasteiger partial charge in [-0.15, -0.1) is 0 Å². The monoisotopic (exact) mass is 500 g/mol. The highest BCUT2D eigenvalue weighted by atomic mass is 32.2. The summed E-state index contributed by atoms with van der Waals surface area (Å²) in [7, 11) is -2.06. The van der Waals surface area contributed by atoms with Crippen LogP contribution in [0.4, 0.5) is 0 Å². The average molecular weight is 501 g/mol. The molecule has 194 valence electrons. The third kappa shape index (κ3) is 6.01. The lowest BCUT2D eigenvalue weighted by atomic mass is 9.78. The van der Waals surface area contributed by atoms with Gasteiger partial charge in [0.2, 0.25) is 5.91 Å². The molecular formula is C24H40N2O7S. The molecule has 1 aliphatic heterocycles. The third-order valence-electron chi connectivity index (χ3n) is 7.38. The first-order chi connectivity index (χ1) is 15.9. The lowest BCUT2D eigenvalue weighted by molar-refractivity contribution is -0.170. The van der Waals surface area contributed by atoms with E-state index in [1.165, 1.54) is 13.8 Å². The van der Waals surface area contributed by atoms with Crippen molar-refractivity contribution in [2.45, 2.75) is 94.7 Å². The number of sulfone groups is 1. The zero-order valence-electron chi connectivity index (χ0n) is 21.0. The molecule has 4 atom stereocenters. The van der Waals surface area contributed by atoms with Crippen molar-refractivity contribution in [3.8, 4) is 0 Å². The summed E-state index contributed by atoms with van der Waals surface area (Å²) < 4.78 is 47.3. The fourth-order valence-electron chi connectivity index (χ4n) is 4.64. The van der Waals surface area contributed by atoms with Gasteiger partial charge >= 0.3 is 0 Å². The number of carbonyl (C=O) groups is 1. The molecule has 0 radical (unpaired) electrons. The summed E-state index contributed by atoms with van der Waals surface area (Å²) in [5.74, 6) is -0.515. The van der Waals surface area contributed by atoms with E-state index in [0.29, 0.717) is 31.6 Å². The largest absolute Gasteiger partial charge is 0.381 e. The molecule has 0 bridgehead atoms. The summed E-state index contributed by atoms with van der Waals surface area (Å²) in [5.41, 5.74) is 5.75. The smallest absolute Gasteiger partial charge is 0.238 e. The first-order valence-electron chi connectivity index (χ1n) is 12.1. The fourth-order valence-corrected chi connectivity index (χ4v) is 6.28. The average Bonchev–Trinajstić information content (AvgIpc) is 3.29. The zero-order valence-corrected chi connectivity index (χ0v) is 21.9. The third-order valence-corrected chi connectivity index (χ3v) is 10.0. The predicted octanol–water partition coefficient (Wildman–Crippen LogP) is 3.07. The number of amides is 1. The minimum atomic E-state index is -3.71. The fraction of sp³-hybridized carbons (Fsp3) is 0.833. The van der Waals surface area contributed by atoms with Crippen LogP contribution in [0.25, 0.3) is 0 Å². The van der Waals surface area contributed by atoms with Crippen LogP contribution in [0.2, 0.25) is 0 Å². The number of nitrogens with two attached hydrogens (primary N) is 1. The molecule has 3 rings (SSSR count). The van der Waals surface area contributed by atoms with Gasteiger partial charge in [0.1, 0.15) is 10.5 Å². The van der Waals surface area contributed by atoms with Crippen molar-refractivity contribution in [2.75, 3.05) is 26.1 Å². The van der Waals surface area contributed by atoms with Gasteiger partial charge in [-0.1, -0.05) is 19.0 Å². The molecule has 0 spiro atoms. The molecule has 1 aliphatic carbocycles. The summed E-state index contributed by atoms with van der Waals surface area (Å²) in [4.78, 5) is 11.7. The van der Waals surface area contributed by atoms with Crippen molar-refractivity contribution < 1.29 is 31.9 Å². The molecule has 1 aromatic heterocycles. The summed E-state index contributed by atoms with van der Waals surface area (Å²) in [6.45, 7) is 8.01. The number of ether oxygens (including phenoxy) is 3. The van der Waals surface area contributed by atoms with Crippen LogP contribution >= 0.6 is 0 Å². The minimum absolute atomic E-state index is 0.0982. The second kappa shape index (κ2) is 10.6. The molecule has 2 heterocycles. The van der Waals surface area contributed by atoms with E-state index in [2.05, 4.69) is 5.16 Å². The Balaban J connectivity index is 1.70. The number of hydrogen-bond acceptors (Lipinski definition) is 8. The number of rotatable bonds is 10. The van der Waals surface area contributed by atoms with Crippen LogP contribution in [0, 0.1) is 5.92 Å². The summed E-state index contributed by atoms with van der Waals surface area (Å²) in [6, 6.07) is 1.94. The predicted molar refractivity (Wildman–Crippen MR) is 127 cm³/mol. The molecule has 2 fully saturated rings. The van der Waals surface area contributed by atoms with Gasteiger partial charge in [-0.3, -0.25) is 4.79 Å². The van der Waals surface area contributed by atoms with Crippen molar-refractivity contribution >= 4 is 15.7 Å². The molecule has 9 nitrogen and oxygen atoms in total. The Bertz CT molecular complexity index is 935. The zero-order chi connectivity index (χ0) is 25.1. The normalized spacial score (nSPS) is 27.0. The SMILES string of the molecule is COC1CCC(CS(=O)(=O)C(C)(C)C(N)=O)CC1c1cc(C(C)(C)COC2CCCCO2)no1. The maximum Gasteiger partial charge on any atom is 0.238 e. The van der Waals surface area contributed by atoms with Gasteiger partial charge in [-0.05, 0) is 58.3 Å². The van der Waals surface area contributed by atoms with Gasteiger partial charge in [0.15, 0.2) is 16.1 Å². The highest BCUT2D eigenvalue weighted by Gasteiger charge is 2.44. The Morgan fingerprint density at radius 3 is 2.56 bits per heavy atom. The minimum Gasteiger partial charge on any atom is -0.381 e. The van der Waals surface area contributed by atoms with Crippen molar-refractivity contribution in [2.24, 2.45) is 11.7 Å². The van der Waals surface area contributed by atoms with E-state index in [-0.39, 0.29) is 35.4 Å². The van der Waals surface area contributed by atoms with E-state index < -0.39 is 20.5 Å². The molecule has 2 N–H and O–H groups in total. The van der Waals surface area contributed by atoms with Crippen molar-refractivity contribution in [1.29, 1.82) is 0 Å². The second-order valence-corrected chi connectivity index (χ2v) is 13.4. The molecule has 34 heavy (non-hydrogen) atoms. The first kappa shape index (κ1) is 27.1. The van der Waals surface area contributed by atoms with Gasteiger partial charge in [0.05, 0.1) is 24.2 Å². The van der Waals surface area contributed by atoms with Gasteiger partial charge in [0, 0.05) is 31.1 Å². The van der Waals surface area contributed by atoms with E-state index >= 15 is 0 Å². The maximum absolute atomic E-state index is 12.9. The van der Waals surface area contributed by atoms with Gasteiger partial charge < -0.3 is 24.5 Å². The summed E-state index contributed by atoms with van der Waals surface area (Å²) >= 11 is 0. The maximum atomic E-state index is 12.9. The quantitative estimate of drug-likeness (QED) is 0.518. The van der Waals surface area contributed by atoms with Gasteiger partial charge in [0.25, 0.3) is 0 Å². The van der Waals surface area contributed by atoms with E-state index in [9.17, 15) is 13.2 Å². The highest BCUT2D eigenvalue weighted by Crippen LogP contribution is 2.40. The topological polar surface area (TPSA) is 131 Å². The Hall–Kier alpha value is -1.49. The van der Waals surface area contributed by atoms with E-state index in [0.717, 1.165) is 31.6 Å². The number of hydrogen-bond donors (Lipinski definition) is 1. The molecule has 4 unspecified atom stereocenters. The summed E-state index contributed by atoms with van der Waals surface area (Å²) in [6.07, 6.45) is 4.74. The second-order valence-electron chi connectivity index (χ2n) is 10.8. The van der Waals surface area contributed by atoms with Crippen LogP contribution in [0.15, 0.2) is 10.6 Å². The standard InChI is InChI=1S/C24H40N2O7S/c1-23(2,15-32-21-8-6-7-11-31-21)20-13-19(33-26-20)17-12-16(9-10-18(17)30-5)14-34(28,29)24(3,4)22(25)27/h13,16-18,21H,6-12,14-15H2,1-5H3,(H2,25,27). The highest BCUT2D eigenvalue weighted by molar-refractivity contribution is 7.93. The van der Waals surface area contributed by atoms with Crippen LogP contribution in [-0.4, -0.2) is 62.7 Å².